The molecule has 2 aromatic carbocycles. The van der Waals surface area contributed by atoms with Gasteiger partial charge in [-0.3, -0.25) is 0 Å². The van der Waals surface area contributed by atoms with Gasteiger partial charge in [0.15, 0.2) is 0 Å². The molecular weight excluding hydrogens is 418 g/mol. The predicted molar refractivity (Wildman–Crippen MR) is 117 cm³/mol. The number of hydrogen-bond acceptors (Lipinski definition) is 7. The van der Waals surface area contributed by atoms with Crippen LogP contribution in [0.5, 0.6) is 5.75 Å². The molecule has 0 aliphatic heterocycles. The zero-order valence-electron chi connectivity index (χ0n) is 18.2. The van der Waals surface area contributed by atoms with Gasteiger partial charge in [-0.1, -0.05) is 6.07 Å². The van der Waals surface area contributed by atoms with Crippen LogP contribution < -0.4 is 10.1 Å². The third-order valence-corrected chi connectivity index (χ3v) is 4.06. The second-order valence-electron chi connectivity index (χ2n) is 7.75. The number of anilines is 1. The molecule has 0 heterocycles. The van der Waals surface area contributed by atoms with Gasteiger partial charge in [0.05, 0.1) is 29.9 Å². The summed E-state index contributed by atoms with van der Waals surface area (Å²) in [4.78, 5) is 34.6. The van der Waals surface area contributed by atoms with E-state index in [4.69, 9.17) is 19.3 Å². The number of aromatic carboxylic acids is 2. The number of carboxylic acid groups (broad SMARTS) is 2. The Morgan fingerprint density at radius 2 is 1.59 bits per heavy atom. The van der Waals surface area contributed by atoms with Crippen molar-refractivity contribution < 1.29 is 38.8 Å². The molecule has 2 rings (SSSR count). The molecule has 172 valence electrons. The molecule has 0 bridgehead atoms. The molecule has 0 aliphatic carbocycles. The van der Waals surface area contributed by atoms with Crippen LogP contribution in [0.3, 0.4) is 0 Å². The number of carboxylic acids is 2. The summed E-state index contributed by atoms with van der Waals surface area (Å²) in [6.45, 7) is 6.52. The van der Waals surface area contributed by atoms with Crippen molar-refractivity contribution >= 4 is 23.6 Å². The van der Waals surface area contributed by atoms with E-state index < -0.39 is 23.5 Å². The summed E-state index contributed by atoms with van der Waals surface area (Å²) in [6, 6.07) is 10.8. The molecule has 32 heavy (non-hydrogen) atoms. The highest BCUT2D eigenvalue weighted by atomic mass is 16.6. The molecule has 9 heteroatoms. The van der Waals surface area contributed by atoms with E-state index in [9.17, 15) is 19.5 Å². The van der Waals surface area contributed by atoms with E-state index in [2.05, 4.69) is 5.32 Å². The van der Waals surface area contributed by atoms with Gasteiger partial charge in [-0.2, -0.15) is 0 Å². The lowest BCUT2D eigenvalue weighted by Gasteiger charge is -2.19. The van der Waals surface area contributed by atoms with Crippen LogP contribution in [0, 0.1) is 0 Å². The molecule has 3 N–H and O–H groups in total. The molecule has 0 amide bonds. The van der Waals surface area contributed by atoms with Gasteiger partial charge in [0.1, 0.15) is 18.0 Å². The molecule has 0 aromatic heterocycles. The molecule has 0 unspecified atom stereocenters. The van der Waals surface area contributed by atoms with Crippen molar-refractivity contribution in [2.45, 2.75) is 26.4 Å². The lowest BCUT2D eigenvalue weighted by molar-refractivity contribution is 0.00690. The van der Waals surface area contributed by atoms with Gasteiger partial charge in [-0.05, 0) is 57.2 Å². The Kier molecular flexibility index (Phi) is 8.60. The Hall–Kier alpha value is -3.59. The minimum atomic E-state index is -1.32. The average molecular weight is 445 g/mol. The summed E-state index contributed by atoms with van der Waals surface area (Å²) in [6.07, 6.45) is 0. The fourth-order valence-electron chi connectivity index (χ4n) is 2.71. The zero-order chi connectivity index (χ0) is 23.7. The lowest BCUT2D eigenvalue weighted by atomic mass is 10.1. The van der Waals surface area contributed by atoms with Crippen molar-refractivity contribution in [1.82, 2.24) is 0 Å². The van der Waals surface area contributed by atoms with Gasteiger partial charge in [0, 0.05) is 12.2 Å². The summed E-state index contributed by atoms with van der Waals surface area (Å²) in [5.41, 5.74) is -0.496. The molecule has 0 spiro atoms. The standard InChI is InChI=1S/C23H27NO8/c1-23(2,3)32-22(29)15-7-9-16(10-8-15)31-14-13-30-12-11-24-18-6-4-5-17(20(25)26)19(18)21(27)28/h4-10,24H,11-14H2,1-3H3,(H,25,26)(H,27,28). The SMILES string of the molecule is CC(C)(C)OC(=O)c1ccc(OCCOCCNc2cccc(C(=O)O)c2C(=O)O)cc1. The first-order valence-corrected chi connectivity index (χ1v) is 9.96. The van der Waals surface area contributed by atoms with Crippen LogP contribution in [-0.4, -0.2) is 60.1 Å². The Balaban J connectivity index is 1.72. The number of rotatable bonds is 11. The maximum atomic E-state index is 12.0. The van der Waals surface area contributed by atoms with E-state index in [0.29, 0.717) is 11.3 Å². The van der Waals surface area contributed by atoms with Crippen LogP contribution >= 0.6 is 0 Å². The molecule has 0 fully saturated rings. The fourth-order valence-corrected chi connectivity index (χ4v) is 2.71. The van der Waals surface area contributed by atoms with Crippen molar-refractivity contribution in [2.75, 3.05) is 31.7 Å². The molecule has 2 aromatic rings. The number of benzene rings is 2. The minimum Gasteiger partial charge on any atom is -0.491 e. The quantitative estimate of drug-likeness (QED) is 0.351. The number of nitrogens with one attached hydrogen (secondary N) is 1. The van der Waals surface area contributed by atoms with Gasteiger partial charge in [0.2, 0.25) is 0 Å². The van der Waals surface area contributed by atoms with E-state index in [1.807, 2.05) is 0 Å². The highest BCUT2D eigenvalue weighted by Gasteiger charge is 2.20. The normalized spacial score (nSPS) is 11.0. The summed E-state index contributed by atoms with van der Waals surface area (Å²) in [7, 11) is 0. The largest absolute Gasteiger partial charge is 0.491 e. The zero-order valence-corrected chi connectivity index (χ0v) is 18.2. The summed E-state index contributed by atoms with van der Waals surface area (Å²) in [5, 5.41) is 21.3. The lowest BCUT2D eigenvalue weighted by Crippen LogP contribution is -2.23. The first-order valence-electron chi connectivity index (χ1n) is 9.96. The van der Waals surface area contributed by atoms with Gasteiger partial charge >= 0.3 is 17.9 Å². The maximum Gasteiger partial charge on any atom is 0.338 e. The second-order valence-corrected chi connectivity index (χ2v) is 7.75. The van der Waals surface area contributed by atoms with Crippen molar-refractivity contribution in [3.8, 4) is 5.75 Å². The molecule has 0 atom stereocenters. The van der Waals surface area contributed by atoms with Crippen molar-refractivity contribution in [2.24, 2.45) is 0 Å². The topological polar surface area (TPSA) is 131 Å². The molecule has 0 radical (unpaired) electrons. The van der Waals surface area contributed by atoms with E-state index in [0.717, 1.165) is 0 Å². The summed E-state index contributed by atoms with van der Waals surface area (Å²) >= 11 is 0. The number of carbonyl (C=O) groups is 3. The highest BCUT2D eigenvalue weighted by Crippen LogP contribution is 2.20. The van der Waals surface area contributed by atoms with Crippen LogP contribution in [-0.2, 0) is 9.47 Å². The number of hydrogen-bond donors (Lipinski definition) is 3. The highest BCUT2D eigenvalue weighted by molar-refractivity contribution is 6.05. The maximum absolute atomic E-state index is 12.0. The molecule has 9 nitrogen and oxygen atoms in total. The van der Waals surface area contributed by atoms with Crippen LogP contribution in [0.15, 0.2) is 42.5 Å². The molecule has 0 saturated heterocycles. The Morgan fingerprint density at radius 3 is 2.19 bits per heavy atom. The van der Waals surface area contributed by atoms with Crippen LogP contribution in [0.25, 0.3) is 0 Å². The minimum absolute atomic E-state index is 0.210. The Labute approximate surface area is 185 Å². The molecule has 0 saturated carbocycles. The van der Waals surface area contributed by atoms with E-state index >= 15 is 0 Å². The Morgan fingerprint density at radius 1 is 0.906 bits per heavy atom. The van der Waals surface area contributed by atoms with E-state index in [1.165, 1.54) is 18.2 Å². The van der Waals surface area contributed by atoms with Crippen LogP contribution in [0.4, 0.5) is 5.69 Å². The summed E-state index contributed by atoms with van der Waals surface area (Å²) in [5.74, 6) is -2.45. The number of carbonyl (C=O) groups excluding carboxylic acids is 1. The average Bonchev–Trinajstić information content (AvgIpc) is 2.71. The monoisotopic (exact) mass is 445 g/mol. The van der Waals surface area contributed by atoms with Crippen molar-refractivity contribution in [1.29, 1.82) is 0 Å². The fraction of sp³-hybridized carbons (Fsp3) is 0.348. The van der Waals surface area contributed by atoms with Gasteiger partial charge < -0.3 is 29.7 Å². The Bertz CT molecular complexity index is 947. The van der Waals surface area contributed by atoms with Gasteiger partial charge in [-0.15, -0.1) is 0 Å². The van der Waals surface area contributed by atoms with Crippen molar-refractivity contribution in [3.63, 3.8) is 0 Å². The first-order chi connectivity index (χ1) is 15.1. The number of ether oxygens (including phenoxy) is 3. The summed E-state index contributed by atoms with van der Waals surface area (Å²) < 4.78 is 16.3. The third-order valence-electron chi connectivity index (χ3n) is 4.06. The molecule has 0 aliphatic rings. The van der Waals surface area contributed by atoms with E-state index in [-0.39, 0.29) is 43.2 Å². The molecular formula is C23H27NO8. The second kappa shape index (κ2) is 11.1. The van der Waals surface area contributed by atoms with Gasteiger partial charge in [0.25, 0.3) is 0 Å². The van der Waals surface area contributed by atoms with Crippen molar-refractivity contribution in [3.05, 3.63) is 59.2 Å². The van der Waals surface area contributed by atoms with Crippen LogP contribution in [0.1, 0.15) is 51.8 Å². The predicted octanol–water partition coefficient (Wildman–Crippen LogP) is 3.55. The third kappa shape index (κ3) is 7.59. The van der Waals surface area contributed by atoms with Crippen LogP contribution in [0.2, 0.25) is 0 Å². The number of esters is 1. The van der Waals surface area contributed by atoms with Gasteiger partial charge in [-0.25, -0.2) is 14.4 Å². The first kappa shape index (κ1) is 24.7. The smallest absolute Gasteiger partial charge is 0.338 e. The van der Waals surface area contributed by atoms with E-state index in [1.54, 1.807) is 45.0 Å².